The van der Waals surface area contributed by atoms with Gasteiger partial charge in [0.25, 0.3) is 0 Å². The first-order valence-corrected chi connectivity index (χ1v) is 28.7. The molecule has 0 heterocycles. The minimum Gasteiger partial charge on any atom is -0.494 e. The summed E-state index contributed by atoms with van der Waals surface area (Å²) in [6.07, 6.45) is 3.82. The molecule has 0 spiro atoms. The largest absolute Gasteiger partial charge is 0.494 e. The molecule has 0 aliphatic rings. The zero-order valence-electron chi connectivity index (χ0n) is 47.6. The molecule has 0 atom stereocenters. The highest BCUT2D eigenvalue weighted by atomic mass is 16.5. The fourth-order valence-electron chi connectivity index (χ4n) is 9.91. The monoisotopic (exact) mass is 1070 g/mol. The number of nitrogens with zero attached hydrogens (tertiary/aromatic N) is 3. The first kappa shape index (κ1) is 55.1. The molecule has 10 rings (SSSR count). The molecular formula is C74H73N3O4. The van der Waals surface area contributed by atoms with Gasteiger partial charge < -0.3 is 33.6 Å². The van der Waals surface area contributed by atoms with E-state index in [9.17, 15) is 0 Å². The van der Waals surface area contributed by atoms with Gasteiger partial charge in [-0.3, -0.25) is 0 Å². The Balaban J connectivity index is 1.04. The Morgan fingerprint density at radius 2 is 0.395 bits per heavy atom. The molecular weight excluding hydrogens is 995 g/mol. The van der Waals surface area contributed by atoms with Gasteiger partial charge in [0.2, 0.25) is 0 Å². The van der Waals surface area contributed by atoms with E-state index in [1.165, 1.54) is 11.1 Å². The SMILES string of the molecule is CCCOc1ccc(N(c2ccc(C)cc2)c2ccc(-c3cc(-c4ccc(N(c5ccc(C)cc5)c5ccc(OCCC)cc5)cc4)cc(-c4ccc(N(c5ccc(OCCC)cc5)c5ccc(OCCC)cc5)cc4)c3)cc2)cc1. The van der Waals surface area contributed by atoms with Crippen LogP contribution in [0.1, 0.15) is 64.5 Å². The number of hydrogen-bond donors (Lipinski definition) is 0. The summed E-state index contributed by atoms with van der Waals surface area (Å²) in [5.74, 6) is 3.46. The van der Waals surface area contributed by atoms with Crippen molar-refractivity contribution in [2.45, 2.75) is 67.2 Å². The lowest BCUT2D eigenvalue weighted by Crippen LogP contribution is -2.10. The van der Waals surface area contributed by atoms with Gasteiger partial charge >= 0.3 is 0 Å². The summed E-state index contributed by atoms with van der Waals surface area (Å²) in [4.78, 5) is 6.89. The van der Waals surface area contributed by atoms with Crippen LogP contribution in [-0.4, -0.2) is 26.4 Å². The van der Waals surface area contributed by atoms with Crippen molar-refractivity contribution in [2.24, 2.45) is 0 Å². The average Bonchev–Trinajstić information content (AvgIpc) is 3.62. The number of benzene rings is 10. The van der Waals surface area contributed by atoms with Crippen LogP contribution in [0.15, 0.2) is 237 Å². The van der Waals surface area contributed by atoms with E-state index in [-0.39, 0.29) is 0 Å². The maximum atomic E-state index is 6.00. The second-order valence-electron chi connectivity index (χ2n) is 20.5. The molecule has 0 aliphatic carbocycles. The van der Waals surface area contributed by atoms with Gasteiger partial charge in [0.15, 0.2) is 0 Å². The molecule has 7 heteroatoms. The molecule has 0 radical (unpaired) electrons. The van der Waals surface area contributed by atoms with Crippen molar-refractivity contribution in [1.29, 1.82) is 0 Å². The lowest BCUT2D eigenvalue weighted by Gasteiger charge is -2.26. The van der Waals surface area contributed by atoms with Crippen LogP contribution < -0.4 is 33.6 Å². The summed E-state index contributed by atoms with van der Waals surface area (Å²) < 4.78 is 24.0. The van der Waals surface area contributed by atoms with Crippen molar-refractivity contribution < 1.29 is 18.9 Å². The molecule has 0 saturated carbocycles. The molecule has 7 nitrogen and oxygen atoms in total. The minimum absolute atomic E-state index is 0.679. The Kier molecular flexibility index (Phi) is 18.1. The molecule has 0 fully saturated rings. The zero-order valence-corrected chi connectivity index (χ0v) is 47.6. The van der Waals surface area contributed by atoms with Gasteiger partial charge in [-0.25, -0.2) is 0 Å². The van der Waals surface area contributed by atoms with Gasteiger partial charge in [0.05, 0.1) is 26.4 Å². The fraction of sp³-hybridized carbons (Fsp3) is 0.189. The van der Waals surface area contributed by atoms with E-state index in [0.717, 1.165) is 133 Å². The van der Waals surface area contributed by atoms with Crippen LogP contribution in [0.25, 0.3) is 33.4 Å². The molecule has 81 heavy (non-hydrogen) atoms. The molecule has 0 N–H and O–H groups in total. The van der Waals surface area contributed by atoms with Crippen LogP contribution in [0.5, 0.6) is 23.0 Å². The fourth-order valence-corrected chi connectivity index (χ4v) is 9.91. The van der Waals surface area contributed by atoms with Crippen LogP contribution in [-0.2, 0) is 0 Å². The lowest BCUT2D eigenvalue weighted by molar-refractivity contribution is 0.317. The Morgan fingerprint density at radius 1 is 0.222 bits per heavy atom. The van der Waals surface area contributed by atoms with Crippen molar-refractivity contribution in [1.82, 2.24) is 0 Å². The average molecular weight is 1070 g/mol. The maximum absolute atomic E-state index is 6.00. The summed E-state index contributed by atoms with van der Waals surface area (Å²) in [6.45, 7) is 15.5. The quantitative estimate of drug-likeness (QED) is 0.0597. The third-order valence-electron chi connectivity index (χ3n) is 14.2. The van der Waals surface area contributed by atoms with Crippen LogP contribution in [0.3, 0.4) is 0 Å². The lowest BCUT2D eigenvalue weighted by atomic mass is 9.93. The Morgan fingerprint density at radius 3 is 0.580 bits per heavy atom. The highest BCUT2D eigenvalue weighted by Crippen LogP contribution is 2.42. The topological polar surface area (TPSA) is 46.6 Å². The Bertz CT molecular complexity index is 3330. The second kappa shape index (κ2) is 26.6. The van der Waals surface area contributed by atoms with E-state index < -0.39 is 0 Å². The molecule has 0 unspecified atom stereocenters. The van der Waals surface area contributed by atoms with Crippen molar-refractivity contribution in [3.8, 4) is 56.4 Å². The van der Waals surface area contributed by atoms with E-state index in [4.69, 9.17) is 18.9 Å². The highest BCUT2D eigenvalue weighted by Gasteiger charge is 2.18. The number of hydrogen-bond acceptors (Lipinski definition) is 7. The summed E-state index contributed by atoms with van der Waals surface area (Å²) in [5.41, 5.74) is 18.6. The molecule has 0 aliphatic heterocycles. The molecule has 10 aromatic carbocycles. The molecule has 0 saturated heterocycles. The summed E-state index contributed by atoms with van der Waals surface area (Å²) in [5, 5.41) is 0. The molecule has 0 bridgehead atoms. The maximum Gasteiger partial charge on any atom is 0.119 e. The summed E-state index contributed by atoms with van der Waals surface area (Å²) in [6, 6.07) is 84.8. The molecule has 0 aromatic heterocycles. The standard InChI is InChI=1S/C74H73N3O4/c1-7-47-78-71-39-31-67(32-40-71)75(62-21-11-54(5)12-22-62)64-25-15-56(16-26-64)59-51-60(57-17-27-65(28-18-57)76(63-23-13-55(6)14-24-63)68-33-41-72(42-34-68)79-48-8-2)53-61(52-59)58-19-29-66(30-20-58)77(69-35-43-73(44-36-69)80-49-9-3)70-37-45-74(46-38-70)81-50-10-4/h11-46,51-53H,7-10,47-50H2,1-6H3. The van der Waals surface area contributed by atoms with Crippen molar-refractivity contribution in [3.05, 3.63) is 248 Å². The van der Waals surface area contributed by atoms with Crippen molar-refractivity contribution in [3.63, 3.8) is 0 Å². The third kappa shape index (κ3) is 13.6. The van der Waals surface area contributed by atoms with E-state index in [1.54, 1.807) is 0 Å². The number of ether oxygens (including phenoxy) is 4. The smallest absolute Gasteiger partial charge is 0.119 e. The predicted octanol–water partition coefficient (Wildman–Crippen LogP) is 20.9. The molecule has 10 aromatic rings. The van der Waals surface area contributed by atoms with E-state index >= 15 is 0 Å². The molecule has 0 amide bonds. The third-order valence-corrected chi connectivity index (χ3v) is 14.2. The van der Waals surface area contributed by atoms with Crippen LogP contribution >= 0.6 is 0 Å². The summed E-state index contributed by atoms with van der Waals surface area (Å²) >= 11 is 0. The second-order valence-corrected chi connectivity index (χ2v) is 20.5. The van der Waals surface area contributed by atoms with Crippen LogP contribution in [0.4, 0.5) is 51.2 Å². The Hall–Kier alpha value is -9.20. The predicted molar refractivity (Wildman–Crippen MR) is 339 cm³/mol. The van der Waals surface area contributed by atoms with Gasteiger partial charge in [-0.1, -0.05) is 99.5 Å². The first-order chi connectivity index (χ1) is 39.8. The van der Waals surface area contributed by atoms with Gasteiger partial charge in [0, 0.05) is 51.2 Å². The van der Waals surface area contributed by atoms with Gasteiger partial charge in [-0.05, 0) is 249 Å². The zero-order chi connectivity index (χ0) is 55.9. The number of rotatable bonds is 24. The van der Waals surface area contributed by atoms with E-state index in [0.29, 0.717) is 26.4 Å². The normalized spacial score (nSPS) is 11.0. The number of aryl methyl sites for hydroxylation is 2. The van der Waals surface area contributed by atoms with Crippen LogP contribution in [0, 0.1) is 13.8 Å². The minimum atomic E-state index is 0.679. The van der Waals surface area contributed by atoms with Crippen LogP contribution in [0.2, 0.25) is 0 Å². The van der Waals surface area contributed by atoms with Gasteiger partial charge in [-0.15, -0.1) is 0 Å². The highest BCUT2D eigenvalue weighted by molar-refractivity contribution is 5.86. The van der Waals surface area contributed by atoms with Gasteiger partial charge in [0.1, 0.15) is 23.0 Å². The number of anilines is 9. The van der Waals surface area contributed by atoms with E-state index in [1.807, 2.05) is 0 Å². The summed E-state index contributed by atoms with van der Waals surface area (Å²) in [7, 11) is 0. The van der Waals surface area contributed by atoms with Crippen molar-refractivity contribution >= 4 is 51.2 Å². The van der Waals surface area contributed by atoms with E-state index in [2.05, 4.69) is 293 Å². The first-order valence-electron chi connectivity index (χ1n) is 28.7. The Labute approximate surface area is 480 Å². The van der Waals surface area contributed by atoms with Gasteiger partial charge in [-0.2, -0.15) is 0 Å². The molecule has 408 valence electrons. The van der Waals surface area contributed by atoms with Crippen molar-refractivity contribution in [2.75, 3.05) is 41.1 Å².